The summed E-state index contributed by atoms with van der Waals surface area (Å²) in [6.45, 7) is 3.27. The summed E-state index contributed by atoms with van der Waals surface area (Å²) >= 11 is 1.62. The number of nitrogens with zero attached hydrogens (tertiary/aromatic N) is 6. The highest BCUT2D eigenvalue weighted by Crippen LogP contribution is 2.31. The molecule has 1 aromatic carbocycles. The number of hydrogen-bond donors (Lipinski definition) is 2. The summed E-state index contributed by atoms with van der Waals surface area (Å²) in [5, 5.41) is 12.7. The van der Waals surface area contributed by atoms with Crippen molar-refractivity contribution in [2.75, 3.05) is 30.0 Å². The summed E-state index contributed by atoms with van der Waals surface area (Å²) in [6.07, 6.45) is 6.40. The lowest BCUT2D eigenvalue weighted by molar-refractivity contribution is 0.164. The number of anilines is 3. The Morgan fingerprint density at radius 1 is 1.25 bits per heavy atom. The van der Waals surface area contributed by atoms with Crippen LogP contribution in [0.15, 0.2) is 69.9 Å². The first kappa shape index (κ1) is 25.3. The molecule has 3 aromatic heterocycles. The van der Waals surface area contributed by atoms with E-state index in [1.807, 2.05) is 17.5 Å². The van der Waals surface area contributed by atoms with Gasteiger partial charge in [-0.3, -0.25) is 4.68 Å². The van der Waals surface area contributed by atoms with Crippen molar-refractivity contribution in [3.05, 3.63) is 60.6 Å². The predicted octanol–water partition coefficient (Wildman–Crippen LogP) is 4.66. The maximum Gasteiger partial charge on any atom is 0.442 e. The Balaban J connectivity index is 1.48. The van der Waals surface area contributed by atoms with Crippen LogP contribution in [0.25, 0.3) is 10.4 Å². The van der Waals surface area contributed by atoms with Gasteiger partial charge in [0.25, 0.3) is 0 Å². The van der Waals surface area contributed by atoms with Crippen LogP contribution in [-0.2, 0) is 21.0 Å². The third kappa shape index (κ3) is 6.64. The SMILES string of the molecule is CCOC(=O)N=S(C)(=O)c1ccc(Nc2ncc(-c3cccs3)c(NCCCn3cncn3)n2)cc1. The topological polar surface area (TPSA) is 136 Å². The zero-order valence-electron chi connectivity index (χ0n) is 19.8. The van der Waals surface area contributed by atoms with Crippen molar-refractivity contribution in [2.24, 2.45) is 4.36 Å². The highest BCUT2D eigenvalue weighted by atomic mass is 32.2. The lowest BCUT2D eigenvalue weighted by atomic mass is 10.2. The highest BCUT2D eigenvalue weighted by Gasteiger charge is 2.13. The summed E-state index contributed by atoms with van der Waals surface area (Å²) in [5.74, 6) is 1.13. The van der Waals surface area contributed by atoms with E-state index in [0.29, 0.717) is 23.1 Å². The maximum atomic E-state index is 12.8. The number of amides is 1. The quantitative estimate of drug-likeness (QED) is 0.283. The smallest absolute Gasteiger partial charge is 0.442 e. The number of aromatic nitrogens is 5. The largest absolute Gasteiger partial charge is 0.448 e. The van der Waals surface area contributed by atoms with Crippen molar-refractivity contribution in [3.63, 3.8) is 0 Å². The Morgan fingerprint density at radius 2 is 2.08 bits per heavy atom. The number of aryl methyl sites for hydroxylation is 1. The zero-order chi connectivity index (χ0) is 25.4. The second-order valence-corrected chi connectivity index (χ2v) is 10.8. The number of hydrogen-bond acceptors (Lipinski definition) is 10. The molecular weight excluding hydrogens is 500 g/mol. The number of thiophene rings is 1. The van der Waals surface area contributed by atoms with Gasteiger partial charge in [-0.2, -0.15) is 10.1 Å². The Labute approximate surface area is 213 Å². The van der Waals surface area contributed by atoms with Crippen LogP contribution in [0, 0.1) is 0 Å². The lowest BCUT2D eigenvalue weighted by Crippen LogP contribution is -2.10. The Bertz CT molecular complexity index is 1400. The van der Waals surface area contributed by atoms with Gasteiger partial charge in [-0.1, -0.05) is 6.07 Å². The first-order valence-electron chi connectivity index (χ1n) is 11.2. The summed E-state index contributed by atoms with van der Waals surface area (Å²) < 4.78 is 23.1. The third-order valence-corrected chi connectivity index (χ3v) is 7.51. The molecule has 0 aliphatic carbocycles. The molecule has 0 aliphatic heterocycles. The van der Waals surface area contributed by atoms with E-state index in [1.54, 1.807) is 59.7 Å². The summed E-state index contributed by atoms with van der Waals surface area (Å²) in [4.78, 5) is 26.2. The van der Waals surface area contributed by atoms with Crippen molar-refractivity contribution in [1.29, 1.82) is 0 Å². The Morgan fingerprint density at radius 3 is 2.78 bits per heavy atom. The molecule has 1 unspecified atom stereocenters. The van der Waals surface area contributed by atoms with Gasteiger partial charge in [-0.05, 0) is 49.1 Å². The van der Waals surface area contributed by atoms with Crippen LogP contribution < -0.4 is 10.6 Å². The van der Waals surface area contributed by atoms with Crippen LogP contribution in [0.1, 0.15) is 13.3 Å². The number of nitrogens with one attached hydrogen (secondary N) is 2. The van der Waals surface area contributed by atoms with Crippen LogP contribution in [-0.4, -0.2) is 54.4 Å². The van der Waals surface area contributed by atoms with E-state index in [2.05, 4.69) is 30.1 Å². The molecule has 0 bridgehead atoms. The number of carbonyl (C=O) groups is 1. The van der Waals surface area contributed by atoms with Crippen LogP contribution in [0.2, 0.25) is 0 Å². The molecule has 0 spiro atoms. The van der Waals surface area contributed by atoms with E-state index in [4.69, 9.17) is 9.72 Å². The second kappa shape index (κ2) is 11.7. The molecule has 4 aromatic rings. The second-order valence-electron chi connectivity index (χ2n) is 7.61. The van der Waals surface area contributed by atoms with E-state index in [9.17, 15) is 9.00 Å². The molecular formula is C23H26N8O3S2. The minimum Gasteiger partial charge on any atom is -0.448 e. The molecule has 13 heteroatoms. The molecule has 188 valence electrons. The van der Waals surface area contributed by atoms with Gasteiger partial charge >= 0.3 is 6.09 Å². The van der Waals surface area contributed by atoms with Crippen LogP contribution in [0.4, 0.5) is 22.2 Å². The fourth-order valence-corrected chi connectivity index (χ4v) is 5.07. The van der Waals surface area contributed by atoms with E-state index >= 15 is 0 Å². The van der Waals surface area contributed by atoms with Gasteiger partial charge < -0.3 is 15.4 Å². The molecule has 0 fully saturated rings. The molecule has 36 heavy (non-hydrogen) atoms. The standard InChI is InChI=1S/C23H26N8O3S2/c1-3-34-23(32)30-36(2,33)18-9-7-17(8-10-18)28-22-26-14-19(20-6-4-13-35-20)21(29-22)25-11-5-12-31-16-24-15-27-31/h4,6-10,13-16H,3,5,11-12H2,1-2H3,(H2,25,26,28,29). The maximum absolute atomic E-state index is 12.8. The minimum atomic E-state index is -2.92. The molecule has 3 heterocycles. The molecule has 4 rings (SSSR count). The molecule has 1 atom stereocenters. The molecule has 2 N–H and O–H groups in total. The average Bonchev–Trinajstić information content (AvgIpc) is 3.57. The van der Waals surface area contributed by atoms with Gasteiger partial charge in [0.2, 0.25) is 5.95 Å². The van der Waals surface area contributed by atoms with Crippen molar-refractivity contribution < 1.29 is 13.7 Å². The van der Waals surface area contributed by atoms with Gasteiger partial charge in [0.05, 0.1) is 21.9 Å². The van der Waals surface area contributed by atoms with E-state index in [0.717, 1.165) is 29.2 Å². The molecule has 0 radical (unpaired) electrons. The highest BCUT2D eigenvalue weighted by molar-refractivity contribution is 7.93. The van der Waals surface area contributed by atoms with E-state index in [-0.39, 0.29) is 6.61 Å². The lowest BCUT2D eigenvalue weighted by Gasteiger charge is -2.13. The Hall–Kier alpha value is -3.84. The molecule has 1 amide bonds. The summed E-state index contributed by atoms with van der Waals surface area (Å²) in [6, 6.07) is 10.8. The van der Waals surface area contributed by atoms with Gasteiger partial charge in [0, 0.05) is 41.0 Å². The van der Waals surface area contributed by atoms with Crippen molar-refractivity contribution in [1.82, 2.24) is 24.7 Å². The van der Waals surface area contributed by atoms with Gasteiger partial charge in [-0.25, -0.2) is 19.0 Å². The molecule has 0 aliphatic rings. The van der Waals surface area contributed by atoms with Crippen LogP contribution in [0.3, 0.4) is 0 Å². The van der Waals surface area contributed by atoms with Crippen molar-refractivity contribution >= 4 is 44.6 Å². The molecule has 0 saturated heterocycles. The third-order valence-electron chi connectivity index (χ3n) is 4.96. The zero-order valence-corrected chi connectivity index (χ0v) is 21.5. The van der Waals surface area contributed by atoms with Crippen LogP contribution in [0.5, 0.6) is 0 Å². The average molecular weight is 527 g/mol. The number of carbonyl (C=O) groups excluding carboxylic acids is 1. The van der Waals surface area contributed by atoms with E-state index in [1.165, 1.54) is 12.6 Å². The minimum absolute atomic E-state index is 0.171. The molecule has 11 nitrogen and oxygen atoms in total. The summed E-state index contributed by atoms with van der Waals surface area (Å²) in [7, 11) is -2.92. The first-order chi connectivity index (χ1) is 17.4. The van der Waals surface area contributed by atoms with Crippen LogP contribution >= 0.6 is 11.3 Å². The number of benzene rings is 1. The van der Waals surface area contributed by atoms with Crippen molar-refractivity contribution in [3.8, 4) is 10.4 Å². The van der Waals surface area contributed by atoms with Crippen molar-refractivity contribution in [2.45, 2.75) is 24.8 Å². The van der Waals surface area contributed by atoms with E-state index < -0.39 is 15.8 Å². The number of rotatable bonds is 10. The van der Waals surface area contributed by atoms with Gasteiger partial charge in [-0.15, -0.1) is 15.7 Å². The fraction of sp³-hybridized carbons (Fsp3) is 0.261. The molecule has 0 saturated carbocycles. The fourth-order valence-electron chi connectivity index (χ4n) is 3.25. The van der Waals surface area contributed by atoms with Gasteiger partial charge in [0.1, 0.15) is 18.5 Å². The normalized spacial score (nSPS) is 12.5. The Kier molecular flexibility index (Phi) is 8.23. The monoisotopic (exact) mass is 526 g/mol. The van der Waals surface area contributed by atoms with Gasteiger partial charge in [0.15, 0.2) is 0 Å². The predicted molar refractivity (Wildman–Crippen MR) is 140 cm³/mol. The summed E-state index contributed by atoms with van der Waals surface area (Å²) in [5.41, 5.74) is 1.61. The number of ether oxygens (including phenoxy) is 1. The first-order valence-corrected chi connectivity index (χ1v) is 14.0.